The highest BCUT2D eigenvalue weighted by Gasteiger charge is 2.48. The van der Waals surface area contributed by atoms with Gasteiger partial charge >= 0.3 is 12.1 Å². The Labute approximate surface area is 146 Å². The second-order valence-corrected chi connectivity index (χ2v) is 7.79. The zero-order valence-corrected chi connectivity index (χ0v) is 14.8. The maximum atomic E-state index is 12.1. The van der Waals surface area contributed by atoms with Crippen LogP contribution < -0.4 is 5.32 Å². The number of carboxylic acid groups (broad SMARTS) is 1. The Balaban J connectivity index is 1.69. The van der Waals surface area contributed by atoms with Gasteiger partial charge in [0, 0.05) is 18.8 Å². The predicted octanol–water partition coefficient (Wildman–Crippen LogP) is 2.59. The molecular weight excluding hydrogens is 324 g/mol. The molecule has 0 bridgehead atoms. The number of nitrogens with zero attached hydrogens (tertiary/aromatic N) is 1. The third-order valence-electron chi connectivity index (χ3n) is 4.26. The standard InChI is InChI=1S/C18H24N2O5/c1-17(2,3)25-16(23)20-10-18(11-20,7-15(21)22)19-14-5-4-12-8-24-9-13(12)6-14/h4-6,19H,7-11H2,1-3H3,(H,21,22). The fraction of sp³-hybridized carbons (Fsp3) is 0.556. The number of carbonyl (C=O) groups excluding carboxylic acids is 1. The second kappa shape index (κ2) is 6.22. The number of carbonyl (C=O) groups is 2. The van der Waals surface area contributed by atoms with E-state index in [0.717, 1.165) is 16.8 Å². The van der Waals surface area contributed by atoms with E-state index in [9.17, 15) is 14.7 Å². The topological polar surface area (TPSA) is 88.1 Å². The summed E-state index contributed by atoms with van der Waals surface area (Å²) >= 11 is 0. The molecule has 2 N–H and O–H groups in total. The first-order chi connectivity index (χ1) is 11.7. The third-order valence-corrected chi connectivity index (χ3v) is 4.26. The molecule has 1 fully saturated rings. The maximum Gasteiger partial charge on any atom is 0.410 e. The van der Waals surface area contributed by atoms with Gasteiger partial charge in [0.25, 0.3) is 0 Å². The van der Waals surface area contributed by atoms with Gasteiger partial charge in [-0.3, -0.25) is 4.79 Å². The van der Waals surface area contributed by atoms with E-state index < -0.39 is 23.2 Å². The van der Waals surface area contributed by atoms with Gasteiger partial charge in [-0.25, -0.2) is 4.79 Å². The van der Waals surface area contributed by atoms with Crippen molar-refractivity contribution >= 4 is 17.7 Å². The van der Waals surface area contributed by atoms with Crippen molar-refractivity contribution in [2.75, 3.05) is 18.4 Å². The lowest BCUT2D eigenvalue weighted by atomic mass is 9.86. The molecule has 7 heteroatoms. The van der Waals surface area contributed by atoms with Crippen LogP contribution in [0, 0.1) is 0 Å². The number of likely N-dealkylation sites (tertiary alicyclic amines) is 1. The molecule has 25 heavy (non-hydrogen) atoms. The van der Waals surface area contributed by atoms with E-state index in [-0.39, 0.29) is 6.42 Å². The number of anilines is 1. The van der Waals surface area contributed by atoms with Crippen LogP contribution in [0.15, 0.2) is 18.2 Å². The Kier molecular flexibility index (Phi) is 4.36. The molecule has 1 amide bonds. The number of amides is 1. The van der Waals surface area contributed by atoms with Crippen LogP contribution in [0.25, 0.3) is 0 Å². The highest BCUT2D eigenvalue weighted by atomic mass is 16.6. The molecule has 0 aromatic heterocycles. The Morgan fingerprint density at radius 2 is 1.96 bits per heavy atom. The molecule has 1 aromatic rings. The van der Waals surface area contributed by atoms with E-state index >= 15 is 0 Å². The molecule has 0 radical (unpaired) electrons. The quantitative estimate of drug-likeness (QED) is 0.869. The highest BCUT2D eigenvalue weighted by molar-refractivity contribution is 5.74. The SMILES string of the molecule is CC(C)(C)OC(=O)N1CC(CC(=O)O)(Nc2ccc3c(c2)COC3)C1. The summed E-state index contributed by atoms with van der Waals surface area (Å²) in [6.07, 6.45) is -0.488. The number of carboxylic acids is 1. The van der Waals surface area contributed by atoms with Crippen molar-refractivity contribution in [3.8, 4) is 0 Å². The van der Waals surface area contributed by atoms with Crippen molar-refractivity contribution in [1.82, 2.24) is 4.90 Å². The first-order valence-electron chi connectivity index (χ1n) is 8.33. The molecule has 0 aliphatic carbocycles. The molecule has 0 atom stereocenters. The number of benzene rings is 1. The summed E-state index contributed by atoms with van der Waals surface area (Å²) in [5, 5.41) is 12.6. The van der Waals surface area contributed by atoms with Crippen molar-refractivity contribution in [3.05, 3.63) is 29.3 Å². The van der Waals surface area contributed by atoms with Crippen molar-refractivity contribution in [3.63, 3.8) is 0 Å². The van der Waals surface area contributed by atoms with E-state index in [0.29, 0.717) is 26.3 Å². The van der Waals surface area contributed by atoms with Crippen molar-refractivity contribution in [2.45, 2.75) is 51.5 Å². The fourth-order valence-electron chi connectivity index (χ4n) is 3.22. The van der Waals surface area contributed by atoms with Gasteiger partial charge in [-0.15, -0.1) is 0 Å². The van der Waals surface area contributed by atoms with Crippen LogP contribution in [0.3, 0.4) is 0 Å². The lowest BCUT2D eigenvalue weighted by molar-refractivity contribution is -0.139. The smallest absolute Gasteiger partial charge is 0.410 e. The summed E-state index contributed by atoms with van der Waals surface area (Å²) in [6, 6.07) is 5.90. The predicted molar refractivity (Wildman–Crippen MR) is 91.3 cm³/mol. The van der Waals surface area contributed by atoms with E-state index in [1.807, 2.05) is 18.2 Å². The Morgan fingerprint density at radius 1 is 1.28 bits per heavy atom. The van der Waals surface area contributed by atoms with Crippen LogP contribution in [0.1, 0.15) is 38.3 Å². The van der Waals surface area contributed by atoms with Gasteiger partial charge in [-0.2, -0.15) is 0 Å². The van der Waals surface area contributed by atoms with Gasteiger partial charge in [-0.1, -0.05) is 6.07 Å². The molecule has 136 valence electrons. The summed E-state index contributed by atoms with van der Waals surface area (Å²) in [5.41, 5.74) is 1.85. The Morgan fingerprint density at radius 3 is 2.60 bits per heavy atom. The van der Waals surface area contributed by atoms with E-state index in [2.05, 4.69) is 5.32 Å². The molecule has 0 spiro atoms. The van der Waals surface area contributed by atoms with Gasteiger partial charge in [0.15, 0.2) is 0 Å². The molecule has 3 rings (SSSR count). The molecule has 1 saturated heterocycles. The lowest BCUT2D eigenvalue weighted by Gasteiger charge is -2.50. The molecule has 0 unspecified atom stereocenters. The molecule has 2 aliphatic rings. The number of ether oxygens (including phenoxy) is 2. The number of hydrogen-bond acceptors (Lipinski definition) is 5. The van der Waals surface area contributed by atoms with Crippen LogP contribution >= 0.6 is 0 Å². The summed E-state index contributed by atoms with van der Waals surface area (Å²) in [6.45, 7) is 7.19. The summed E-state index contributed by atoms with van der Waals surface area (Å²) < 4.78 is 10.8. The zero-order chi connectivity index (χ0) is 18.2. The Bertz CT molecular complexity index is 689. The van der Waals surface area contributed by atoms with E-state index in [1.165, 1.54) is 4.90 Å². The summed E-state index contributed by atoms with van der Waals surface area (Å²) in [5.74, 6) is -0.902. The van der Waals surface area contributed by atoms with Gasteiger partial charge in [0.2, 0.25) is 0 Å². The van der Waals surface area contributed by atoms with Crippen molar-refractivity contribution in [2.24, 2.45) is 0 Å². The number of nitrogens with one attached hydrogen (secondary N) is 1. The average Bonchev–Trinajstić information content (AvgIpc) is 2.89. The number of fused-ring (bicyclic) bond motifs is 1. The van der Waals surface area contributed by atoms with Crippen molar-refractivity contribution < 1.29 is 24.2 Å². The molecule has 0 saturated carbocycles. The van der Waals surface area contributed by atoms with Crippen molar-refractivity contribution in [1.29, 1.82) is 0 Å². The summed E-state index contributed by atoms with van der Waals surface area (Å²) in [4.78, 5) is 25.0. The van der Waals surface area contributed by atoms with Crippen LogP contribution in [0.2, 0.25) is 0 Å². The fourth-order valence-corrected chi connectivity index (χ4v) is 3.22. The minimum Gasteiger partial charge on any atom is -0.481 e. The average molecular weight is 348 g/mol. The molecule has 2 heterocycles. The molecular formula is C18H24N2O5. The van der Waals surface area contributed by atoms with Crippen LogP contribution in [-0.4, -0.2) is 46.3 Å². The molecule has 7 nitrogen and oxygen atoms in total. The van der Waals surface area contributed by atoms with Gasteiger partial charge in [-0.05, 0) is 44.0 Å². The highest BCUT2D eigenvalue weighted by Crippen LogP contribution is 2.32. The number of hydrogen-bond donors (Lipinski definition) is 2. The third kappa shape index (κ3) is 4.04. The first-order valence-corrected chi connectivity index (χ1v) is 8.33. The number of aliphatic carboxylic acids is 1. The van der Waals surface area contributed by atoms with Crippen LogP contribution in [0.4, 0.5) is 10.5 Å². The molecule has 1 aromatic carbocycles. The largest absolute Gasteiger partial charge is 0.481 e. The minimum atomic E-state index is -0.902. The Hall–Kier alpha value is -2.28. The lowest BCUT2D eigenvalue weighted by Crippen LogP contribution is -2.68. The van der Waals surface area contributed by atoms with E-state index in [4.69, 9.17) is 9.47 Å². The molecule has 2 aliphatic heterocycles. The minimum absolute atomic E-state index is 0.0696. The van der Waals surface area contributed by atoms with Crippen LogP contribution in [0.5, 0.6) is 0 Å². The van der Waals surface area contributed by atoms with Gasteiger partial charge in [0.05, 0.1) is 25.2 Å². The maximum absolute atomic E-state index is 12.1. The zero-order valence-electron chi connectivity index (χ0n) is 14.8. The number of rotatable bonds is 4. The van der Waals surface area contributed by atoms with Crippen LogP contribution in [-0.2, 0) is 27.5 Å². The van der Waals surface area contributed by atoms with Gasteiger partial charge < -0.3 is 24.8 Å². The van der Waals surface area contributed by atoms with Gasteiger partial charge in [0.1, 0.15) is 5.60 Å². The normalized spacial score (nSPS) is 18.3. The second-order valence-electron chi connectivity index (χ2n) is 7.79. The summed E-state index contributed by atoms with van der Waals surface area (Å²) in [7, 11) is 0. The van der Waals surface area contributed by atoms with E-state index in [1.54, 1.807) is 20.8 Å². The first kappa shape index (κ1) is 17.5. The monoisotopic (exact) mass is 348 g/mol.